The second-order valence-electron chi connectivity index (χ2n) is 22.9. The summed E-state index contributed by atoms with van der Waals surface area (Å²) in [6, 6.07) is 20.1. The number of β-amino-alcohol motifs (C(OH)–C–C–N with tert-alkyl or cyclic N) is 1. The Bertz CT molecular complexity index is 2710. The molecule has 20 heteroatoms. The van der Waals surface area contributed by atoms with Crippen molar-refractivity contribution >= 4 is 52.3 Å². The normalized spacial score (nSPS) is 22.5. The molecule has 1 aliphatic carbocycles. The molecule has 1 unspecified atom stereocenters. The third-order valence-electron chi connectivity index (χ3n) is 15.2. The number of aliphatic hydroxyl groups excluding tert-OH is 1. The van der Waals surface area contributed by atoms with Gasteiger partial charge in [-0.15, -0.1) is 11.3 Å². The minimum absolute atomic E-state index is 0.0302. The van der Waals surface area contributed by atoms with Crippen molar-refractivity contribution in [3.05, 3.63) is 99.6 Å². The molecule has 428 valence electrons. The second-order valence-corrected chi connectivity index (χ2v) is 24.2. The number of halogens is 1. The first kappa shape index (κ1) is 60.9. The highest BCUT2D eigenvalue weighted by atomic mass is 35.5. The molecule has 1 aromatic heterocycles. The Morgan fingerprint density at radius 1 is 0.861 bits per heavy atom. The molecule has 4 N–H and O–H groups in total. The monoisotopic (exact) mass is 1130 g/mol. The number of amides is 4. The second kappa shape index (κ2) is 27.2. The summed E-state index contributed by atoms with van der Waals surface area (Å²) in [5.74, 6) is -0.787. The number of nitrogens with zero attached hydrogens (tertiary/aromatic N) is 5. The topological polar surface area (TPSA) is 217 Å². The summed E-state index contributed by atoms with van der Waals surface area (Å²) in [5.41, 5.74) is 5.00. The fourth-order valence-electron chi connectivity index (χ4n) is 11.1. The van der Waals surface area contributed by atoms with Gasteiger partial charge < -0.3 is 54.5 Å². The number of aliphatic hydroxyl groups is 1. The number of nitriles is 1. The summed E-state index contributed by atoms with van der Waals surface area (Å²) in [6.07, 6.45) is -1.04. The molecule has 18 nitrogen and oxygen atoms in total. The van der Waals surface area contributed by atoms with Gasteiger partial charge in [0, 0.05) is 73.3 Å². The molecule has 3 fully saturated rings. The number of aryl methyl sites for hydroxylation is 1. The van der Waals surface area contributed by atoms with Crippen LogP contribution in [0.3, 0.4) is 0 Å². The number of nitrogens with one attached hydrogen (secondary N) is 3. The molecule has 2 aliphatic heterocycles. The Balaban J connectivity index is 0.868. The van der Waals surface area contributed by atoms with E-state index in [2.05, 4.69) is 59.6 Å². The minimum atomic E-state index is -0.984. The van der Waals surface area contributed by atoms with Gasteiger partial charge in [0.1, 0.15) is 30.0 Å². The predicted octanol–water partition coefficient (Wildman–Crippen LogP) is 6.81. The summed E-state index contributed by atoms with van der Waals surface area (Å²) >= 11 is 7.86. The Labute approximate surface area is 474 Å². The molecule has 1 saturated carbocycles. The minimum Gasteiger partial charge on any atom is -0.489 e. The molecule has 2 saturated heterocycles. The molecule has 3 aromatic carbocycles. The van der Waals surface area contributed by atoms with Gasteiger partial charge >= 0.3 is 0 Å². The van der Waals surface area contributed by atoms with Crippen LogP contribution in [-0.4, -0.2) is 166 Å². The SMILES string of the molecule is Cc1ncsc1-c1ccc([C@H](C)NC(=O)[C@@H]2C[C@@H](O)CN2C(=O)C(NC(=O)CN2CCOCCOCCN(c3ccc(C(=O)NC4C(C)(C)C(Oc5ccc(C#N)c(Cl)c5)C4(C)C)cc3)CCOCCOCC2)C(C)(C)C)cc1. The number of aromatic nitrogens is 1. The number of benzene rings is 3. The lowest BCUT2D eigenvalue weighted by Gasteiger charge is -2.63. The maximum atomic E-state index is 14.4. The Hall–Kier alpha value is -5.69. The van der Waals surface area contributed by atoms with E-state index in [0.717, 1.165) is 27.4 Å². The Kier molecular flexibility index (Phi) is 21.0. The molecule has 4 atom stereocenters. The van der Waals surface area contributed by atoms with Crippen molar-refractivity contribution in [2.75, 3.05) is 97.0 Å². The first-order valence-corrected chi connectivity index (χ1v) is 28.5. The maximum Gasteiger partial charge on any atom is 0.251 e. The number of anilines is 1. The number of carbonyl (C=O) groups excluding carboxylic acids is 4. The van der Waals surface area contributed by atoms with Crippen molar-refractivity contribution < 1.29 is 48.0 Å². The van der Waals surface area contributed by atoms with Gasteiger partial charge in [0.2, 0.25) is 17.7 Å². The molecule has 4 aromatic rings. The summed E-state index contributed by atoms with van der Waals surface area (Å²) < 4.78 is 30.3. The Morgan fingerprint density at radius 3 is 2.00 bits per heavy atom. The van der Waals surface area contributed by atoms with Gasteiger partial charge in [-0.25, -0.2) is 4.98 Å². The van der Waals surface area contributed by atoms with Crippen LogP contribution in [-0.2, 0) is 33.3 Å². The van der Waals surface area contributed by atoms with Crippen LogP contribution in [0.25, 0.3) is 10.4 Å². The van der Waals surface area contributed by atoms with Crippen molar-refractivity contribution in [1.82, 2.24) is 30.7 Å². The van der Waals surface area contributed by atoms with Crippen molar-refractivity contribution in [3.8, 4) is 22.3 Å². The fraction of sp³-hybridized carbons (Fsp3) is 0.559. The molecular weight excluding hydrogens is 1050 g/mol. The molecule has 3 aliphatic rings. The van der Waals surface area contributed by atoms with Crippen LogP contribution in [0.15, 0.2) is 72.2 Å². The van der Waals surface area contributed by atoms with Crippen molar-refractivity contribution in [2.24, 2.45) is 16.2 Å². The third kappa shape index (κ3) is 15.6. The summed E-state index contributed by atoms with van der Waals surface area (Å²) in [5, 5.41) is 29.7. The number of carbonyl (C=O) groups is 4. The standard InChI is InChI=1S/C59H79ClN8O10S/c1-38(40-10-12-41(13-11-40)50-39(2)62-37-79-50)63-53(72)48-32-45(69)35-68(48)54(73)51(57(3,4)5)64-49(70)36-66-20-24-74-28-30-76-26-22-67(23-27-77-31-29-75-25-21-66)44-17-14-42(15-18-44)52(71)65-55-58(6,7)56(59(55,8)9)78-46-19-16-43(34-61)47(60)33-46/h10-19,33,37-38,45,48,51,55-56,69H,20-32,35-36H2,1-9H3,(H,63,72)(H,64,70)(H,65,71)/t38-,45+,48-,51?,55?,56?/m0/s1. The van der Waals surface area contributed by atoms with Gasteiger partial charge in [-0.3, -0.25) is 24.1 Å². The molecule has 4 amide bonds. The highest BCUT2D eigenvalue weighted by molar-refractivity contribution is 7.13. The average Bonchev–Trinajstić information content (AvgIpc) is 4.11. The van der Waals surface area contributed by atoms with Gasteiger partial charge in [0.25, 0.3) is 5.91 Å². The van der Waals surface area contributed by atoms with Crippen LogP contribution in [0.4, 0.5) is 5.69 Å². The van der Waals surface area contributed by atoms with E-state index in [4.69, 9.17) is 35.3 Å². The first-order chi connectivity index (χ1) is 37.6. The highest BCUT2D eigenvalue weighted by Crippen LogP contribution is 2.55. The van der Waals surface area contributed by atoms with Gasteiger partial charge in [-0.2, -0.15) is 5.26 Å². The molecule has 79 heavy (non-hydrogen) atoms. The number of hydrogen-bond donors (Lipinski definition) is 4. The van der Waals surface area contributed by atoms with E-state index in [1.807, 2.05) is 93.6 Å². The third-order valence-corrected chi connectivity index (χ3v) is 16.5. The van der Waals surface area contributed by atoms with E-state index in [-0.39, 0.29) is 55.4 Å². The largest absolute Gasteiger partial charge is 0.489 e. The molecule has 0 bridgehead atoms. The van der Waals surface area contributed by atoms with Crippen molar-refractivity contribution in [3.63, 3.8) is 0 Å². The van der Waals surface area contributed by atoms with Gasteiger partial charge in [-0.1, -0.05) is 84.3 Å². The molecule has 7 rings (SSSR count). The fourth-order valence-corrected chi connectivity index (χ4v) is 12.1. The lowest BCUT2D eigenvalue weighted by atomic mass is 9.49. The van der Waals surface area contributed by atoms with Crippen LogP contribution in [0.1, 0.15) is 95.0 Å². The summed E-state index contributed by atoms with van der Waals surface area (Å²) in [7, 11) is 0. The van der Waals surface area contributed by atoms with Crippen LogP contribution < -0.4 is 25.6 Å². The van der Waals surface area contributed by atoms with E-state index in [1.54, 1.807) is 29.5 Å². The van der Waals surface area contributed by atoms with Crippen molar-refractivity contribution in [1.29, 1.82) is 5.26 Å². The van der Waals surface area contributed by atoms with E-state index in [1.165, 1.54) is 4.90 Å². The van der Waals surface area contributed by atoms with E-state index in [9.17, 15) is 29.5 Å². The first-order valence-electron chi connectivity index (χ1n) is 27.2. The van der Waals surface area contributed by atoms with E-state index < -0.39 is 40.3 Å². The van der Waals surface area contributed by atoms with Crippen LogP contribution in [0.5, 0.6) is 5.75 Å². The molecule has 0 radical (unpaired) electrons. The summed E-state index contributed by atoms with van der Waals surface area (Å²) in [4.78, 5) is 66.7. The van der Waals surface area contributed by atoms with Gasteiger partial charge in [0.15, 0.2) is 0 Å². The van der Waals surface area contributed by atoms with Gasteiger partial charge in [-0.05, 0) is 66.8 Å². The Morgan fingerprint density at radius 2 is 1.46 bits per heavy atom. The predicted molar refractivity (Wildman–Crippen MR) is 304 cm³/mol. The van der Waals surface area contributed by atoms with Crippen LogP contribution in [0.2, 0.25) is 5.02 Å². The summed E-state index contributed by atoms with van der Waals surface area (Å²) in [6.45, 7) is 22.5. The van der Waals surface area contributed by atoms with Crippen LogP contribution in [0, 0.1) is 34.5 Å². The zero-order valence-corrected chi connectivity index (χ0v) is 48.7. The zero-order chi connectivity index (χ0) is 57.1. The quantitative estimate of drug-likeness (QED) is 0.108. The molecule has 3 heterocycles. The van der Waals surface area contributed by atoms with E-state index >= 15 is 0 Å². The maximum absolute atomic E-state index is 14.4. The number of thiazole rings is 1. The lowest BCUT2D eigenvalue weighted by molar-refractivity contribution is -0.164. The molecule has 0 spiro atoms. The van der Waals surface area contributed by atoms with E-state index in [0.29, 0.717) is 101 Å². The van der Waals surface area contributed by atoms with Crippen molar-refractivity contribution in [2.45, 2.75) is 105 Å². The zero-order valence-electron chi connectivity index (χ0n) is 47.1. The lowest BCUT2D eigenvalue weighted by Crippen LogP contribution is -2.74. The number of ether oxygens (including phenoxy) is 5. The van der Waals surface area contributed by atoms with Gasteiger partial charge in [0.05, 0.1) is 98.2 Å². The smallest absolute Gasteiger partial charge is 0.251 e. The number of hydrogen-bond acceptors (Lipinski definition) is 15. The number of rotatable bonds is 13. The highest BCUT2D eigenvalue weighted by Gasteiger charge is 2.64. The van der Waals surface area contributed by atoms with Crippen LogP contribution >= 0.6 is 22.9 Å². The molecular formula is C59H79ClN8O10S. The average molecular weight is 1130 g/mol. The number of likely N-dealkylation sites (tertiary alicyclic amines) is 1.